The maximum atomic E-state index is 13.8. The second-order valence-corrected chi connectivity index (χ2v) is 9.10. The second-order valence-electron chi connectivity index (χ2n) is 9.10. The number of halogens is 2. The van der Waals surface area contributed by atoms with Gasteiger partial charge in [0.05, 0.1) is 31.0 Å². The molecule has 11 heteroatoms. The number of hydrogen-bond acceptors (Lipinski definition) is 8. The fourth-order valence-corrected chi connectivity index (χ4v) is 4.34. The van der Waals surface area contributed by atoms with Crippen molar-refractivity contribution in [1.29, 1.82) is 0 Å². The monoisotopic (exact) mass is 525 g/mol. The Hall–Kier alpha value is -3.67. The van der Waals surface area contributed by atoms with E-state index in [1.807, 2.05) is 6.08 Å². The van der Waals surface area contributed by atoms with Gasteiger partial charge < -0.3 is 24.8 Å². The van der Waals surface area contributed by atoms with Gasteiger partial charge in [0.15, 0.2) is 11.6 Å². The number of nitrogens with one attached hydrogen (secondary N) is 2. The normalized spacial score (nSPS) is 18.5. The lowest BCUT2D eigenvalue weighted by Gasteiger charge is -2.18. The quantitative estimate of drug-likeness (QED) is 0.426. The summed E-state index contributed by atoms with van der Waals surface area (Å²) in [5.74, 6) is -1.41. The van der Waals surface area contributed by atoms with Crippen LogP contribution in [-0.2, 0) is 14.3 Å². The van der Waals surface area contributed by atoms with Crippen LogP contribution in [0.2, 0.25) is 0 Å². The summed E-state index contributed by atoms with van der Waals surface area (Å²) in [6.45, 7) is 4.90. The number of amides is 1. The van der Waals surface area contributed by atoms with E-state index in [-0.39, 0.29) is 12.0 Å². The van der Waals surface area contributed by atoms with Crippen LogP contribution in [0.4, 0.5) is 26.0 Å². The Morgan fingerprint density at radius 1 is 1.11 bits per heavy atom. The van der Waals surface area contributed by atoms with Gasteiger partial charge in [0, 0.05) is 61.9 Å². The molecule has 1 amide bonds. The van der Waals surface area contributed by atoms with Crippen LogP contribution in [0, 0.1) is 11.6 Å². The van der Waals surface area contributed by atoms with Crippen molar-refractivity contribution in [3.63, 3.8) is 0 Å². The molecule has 0 spiro atoms. The Bertz CT molecular complexity index is 1310. The van der Waals surface area contributed by atoms with Crippen LogP contribution in [0.3, 0.4) is 0 Å². The van der Waals surface area contributed by atoms with E-state index in [1.54, 1.807) is 12.1 Å². The van der Waals surface area contributed by atoms with Gasteiger partial charge in [-0.2, -0.15) is 0 Å². The predicted octanol–water partition coefficient (Wildman–Crippen LogP) is 4.04. The Morgan fingerprint density at radius 3 is 2.87 bits per heavy atom. The zero-order valence-electron chi connectivity index (χ0n) is 20.8. The molecule has 1 atom stereocenters. The van der Waals surface area contributed by atoms with Crippen LogP contribution in [0.5, 0.6) is 5.75 Å². The van der Waals surface area contributed by atoms with Gasteiger partial charge in [0.2, 0.25) is 5.91 Å². The van der Waals surface area contributed by atoms with Gasteiger partial charge in [-0.1, -0.05) is 6.08 Å². The third-order valence-electron chi connectivity index (χ3n) is 6.31. The highest BCUT2D eigenvalue weighted by Gasteiger charge is 2.21. The van der Waals surface area contributed by atoms with Gasteiger partial charge in [-0.25, -0.2) is 18.7 Å². The summed E-state index contributed by atoms with van der Waals surface area (Å²) in [4.78, 5) is 23.7. The first kappa shape index (κ1) is 26.0. The number of fused-ring (bicyclic) bond motifs is 1. The molecule has 9 nitrogen and oxygen atoms in total. The number of hydrogen-bond donors (Lipinski definition) is 2. The minimum atomic E-state index is -0.977. The molecule has 200 valence electrons. The van der Waals surface area contributed by atoms with E-state index < -0.39 is 11.6 Å². The largest absolute Gasteiger partial charge is 0.486 e. The molecule has 3 heterocycles. The van der Waals surface area contributed by atoms with Crippen LogP contribution in [-0.4, -0.2) is 72.9 Å². The molecule has 0 saturated carbocycles. The molecule has 5 rings (SSSR count). The predicted molar refractivity (Wildman–Crippen MR) is 139 cm³/mol. The lowest BCUT2D eigenvalue weighted by atomic mass is 10.1. The molecule has 0 bridgehead atoms. The first-order valence-electron chi connectivity index (χ1n) is 12.6. The number of ether oxygens (including phenoxy) is 3. The highest BCUT2D eigenvalue weighted by molar-refractivity contribution is 6.03. The first-order chi connectivity index (χ1) is 18.5. The van der Waals surface area contributed by atoms with Gasteiger partial charge in [0.1, 0.15) is 24.0 Å². The SMILES string of the molecule is O=C(/C=C/CN1CCCOCC1)Nc1cc2c(Nc3ccc(F)c(F)c3)ncnc2cc1O[C@H]1CCOC1. The van der Waals surface area contributed by atoms with Crippen molar-refractivity contribution in [3.05, 3.63) is 60.4 Å². The maximum absolute atomic E-state index is 13.8. The number of nitrogens with zero attached hydrogens (tertiary/aromatic N) is 3. The van der Waals surface area contributed by atoms with Gasteiger partial charge >= 0.3 is 0 Å². The van der Waals surface area contributed by atoms with E-state index in [9.17, 15) is 13.6 Å². The Kier molecular flexibility index (Phi) is 8.37. The number of carbonyl (C=O) groups is 1. The molecule has 2 saturated heterocycles. The molecule has 3 aromatic rings. The molecule has 38 heavy (non-hydrogen) atoms. The van der Waals surface area contributed by atoms with Crippen LogP contribution in [0.1, 0.15) is 12.8 Å². The second kappa shape index (κ2) is 12.2. The van der Waals surface area contributed by atoms with Crippen LogP contribution in [0.25, 0.3) is 10.9 Å². The molecule has 0 unspecified atom stereocenters. The lowest BCUT2D eigenvalue weighted by molar-refractivity contribution is -0.111. The van der Waals surface area contributed by atoms with E-state index in [4.69, 9.17) is 14.2 Å². The highest BCUT2D eigenvalue weighted by atomic mass is 19.2. The van der Waals surface area contributed by atoms with E-state index in [2.05, 4.69) is 25.5 Å². The summed E-state index contributed by atoms with van der Waals surface area (Å²) >= 11 is 0. The fraction of sp³-hybridized carbons (Fsp3) is 0.370. The Morgan fingerprint density at radius 2 is 2.03 bits per heavy atom. The summed E-state index contributed by atoms with van der Waals surface area (Å²) in [6, 6.07) is 6.93. The van der Waals surface area contributed by atoms with Gasteiger partial charge in [0.25, 0.3) is 0 Å². The van der Waals surface area contributed by atoms with Crippen molar-refractivity contribution in [1.82, 2.24) is 14.9 Å². The fourth-order valence-electron chi connectivity index (χ4n) is 4.34. The zero-order valence-corrected chi connectivity index (χ0v) is 20.8. The van der Waals surface area contributed by atoms with Crippen LogP contribution in [0.15, 0.2) is 48.8 Å². The topological polar surface area (TPSA) is 97.8 Å². The average Bonchev–Trinajstić information content (AvgIpc) is 3.28. The molecule has 2 aliphatic rings. The smallest absolute Gasteiger partial charge is 0.248 e. The molecule has 1 aromatic heterocycles. The van der Waals surface area contributed by atoms with Crippen LogP contribution < -0.4 is 15.4 Å². The number of anilines is 3. The minimum absolute atomic E-state index is 0.148. The van der Waals surface area contributed by atoms with Crippen molar-refractivity contribution < 1.29 is 27.8 Å². The van der Waals surface area contributed by atoms with Crippen molar-refractivity contribution in [2.45, 2.75) is 18.9 Å². The van der Waals surface area contributed by atoms with Crippen molar-refractivity contribution in [3.8, 4) is 5.75 Å². The molecular formula is C27H29F2N5O4. The number of benzene rings is 2. The third-order valence-corrected chi connectivity index (χ3v) is 6.31. The zero-order chi connectivity index (χ0) is 26.3. The molecule has 0 aliphatic carbocycles. The third kappa shape index (κ3) is 6.60. The summed E-state index contributed by atoms with van der Waals surface area (Å²) in [5.41, 5.74) is 1.31. The van der Waals surface area contributed by atoms with Gasteiger partial charge in [-0.3, -0.25) is 9.69 Å². The van der Waals surface area contributed by atoms with Crippen molar-refractivity contribution in [2.24, 2.45) is 0 Å². The molecule has 2 aromatic carbocycles. The summed E-state index contributed by atoms with van der Waals surface area (Å²) < 4.78 is 44.2. The minimum Gasteiger partial charge on any atom is -0.486 e. The number of carbonyl (C=O) groups excluding carboxylic acids is 1. The highest BCUT2D eigenvalue weighted by Crippen LogP contribution is 2.34. The summed E-state index contributed by atoms with van der Waals surface area (Å²) in [7, 11) is 0. The van der Waals surface area contributed by atoms with Crippen LogP contribution >= 0.6 is 0 Å². The number of aromatic nitrogens is 2. The Balaban J connectivity index is 1.39. The summed E-state index contributed by atoms with van der Waals surface area (Å²) in [6.07, 6.45) is 6.24. The van der Waals surface area contributed by atoms with Crippen molar-refractivity contribution >= 4 is 34.0 Å². The Labute approximate surface area is 218 Å². The standard InChI is InChI=1S/C27H29F2N5O4/c28-21-5-4-18(13-22(21)29)32-27-20-14-24(33-26(35)3-1-7-34-8-2-10-36-12-9-34)25(15-23(20)30-17-31-27)38-19-6-11-37-16-19/h1,3-5,13-15,17,19H,2,6-12,16H2,(H,33,35)(H,30,31,32)/b3-1+/t19-/m0/s1. The van der Waals surface area contributed by atoms with E-state index in [0.717, 1.165) is 44.7 Å². The van der Waals surface area contributed by atoms with E-state index >= 15 is 0 Å². The van der Waals surface area contributed by atoms with E-state index in [1.165, 1.54) is 18.5 Å². The number of rotatable bonds is 8. The molecule has 2 N–H and O–H groups in total. The van der Waals surface area contributed by atoms with Crippen molar-refractivity contribution in [2.75, 3.05) is 56.7 Å². The average molecular weight is 526 g/mol. The molecule has 0 radical (unpaired) electrons. The first-order valence-corrected chi connectivity index (χ1v) is 12.6. The molecule has 2 fully saturated rings. The molecular weight excluding hydrogens is 496 g/mol. The lowest BCUT2D eigenvalue weighted by Crippen LogP contribution is -2.26. The van der Waals surface area contributed by atoms with Gasteiger partial charge in [-0.05, 0) is 24.6 Å². The van der Waals surface area contributed by atoms with E-state index in [0.29, 0.717) is 60.2 Å². The molecule has 2 aliphatic heterocycles. The maximum Gasteiger partial charge on any atom is 0.248 e. The summed E-state index contributed by atoms with van der Waals surface area (Å²) in [5, 5.41) is 6.48. The van der Waals surface area contributed by atoms with Gasteiger partial charge in [-0.15, -0.1) is 0 Å².